The third-order valence-corrected chi connectivity index (χ3v) is 17.7. The van der Waals surface area contributed by atoms with Crippen LogP contribution in [0.5, 0.6) is 0 Å². The maximum Gasteiger partial charge on any atom is 0.472 e. The lowest BCUT2D eigenvalue weighted by molar-refractivity contribution is -0.161. The van der Waals surface area contributed by atoms with E-state index in [0.29, 0.717) is 32.1 Å². The van der Waals surface area contributed by atoms with Gasteiger partial charge >= 0.3 is 39.5 Å². The van der Waals surface area contributed by atoms with Crippen LogP contribution in [0, 0.1) is 0 Å². The second-order valence-electron chi connectivity index (χ2n) is 25.5. The predicted molar refractivity (Wildman–Crippen MR) is 417 cm³/mol. The Balaban J connectivity index is 5.38. The van der Waals surface area contributed by atoms with Crippen molar-refractivity contribution in [1.29, 1.82) is 0 Å². The van der Waals surface area contributed by atoms with E-state index in [-0.39, 0.29) is 25.7 Å². The summed E-state index contributed by atoms with van der Waals surface area (Å²) in [7, 11) is -9.98. The Hall–Kier alpha value is -5.06. The Kier molecular flexibility index (Phi) is 70.5. The van der Waals surface area contributed by atoms with Crippen LogP contribution in [0.3, 0.4) is 0 Å². The lowest BCUT2D eigenvalue weighted by Crippen LogP contribution is -2.30. The number of aliphatic hydroxyl groups excluding tert-OH is 1. The molecule has 17 nitrogen and oxygen atoms in total. The summed E-state index contributed by atoms with van der Waals surface area (Å²) < 4.78 is 68.4. The summed E-state index contributed by atoms with van der Waals surface area (Å²) >= 11 is 0. The molecule has 0 aliphatic heterocycles. The maximum atomic E-state index is 13.1. The van der Waals surface area contributed by atoms with E-state index in [1.807, 2.05) is 18.2 Å². The normalized spacial score (nSPS) is 14.7. The van der Waals surface area contributed by atoms with E-state index in [1.54, 1.807) is 0 Å². The van der Waals surface area contributed by atoms with Crippen LogP contribution in [0.15, 0.2) is 146 Å². The quantitative estimate of drug-likeness (QED) is 0.0169. The minimum Gasteiger partial charge on any atom is -0.462 e. The van der Waals surface area contributed by atoms with Crippen LogP contribution in [0.2, 0.25) is 0 Å². The lowest BCUT2D eigenvalue weighted by Gasteiger charge is -2.21. The fraction of sp³-hybridized carbons (Fsp3) is 0.663. The summed E-state index contributed by atoms with van der Waals surface area (Å²) in [5, 5.41) is 10.6. The van der Waals surface area contributed by atoms with E-state index in [2.05, 4.69) is 155 Å². The molecule has 3 N–H and O–H groups in total. The SMILES string of the molecule is CC/C=C\C/C=C\C/C=C\C/C=C\C/C=C\C/C=C\CCC(=O)OCC(COP(=O)(O)OCC(O)COP(=O)(O)OCC(COC(=O)CCCCCCCC/C=C\C/C=C\C/C=C\C/C=C\CC)OC(=O)CCCCCCC/C=C\CCCC)OC(=O)CCCCCCC/C=C\CCCCCC. The third kappa shape index (κ3) is 73.3. The summed E-state index contributed by atoms with van der Waals surface area (Å²) in [5.41, 5.74) is 0. The van der Waals surface area contributed by atoms with E-state index in [9.17, 15) is 43.2 Å². The molecule has 0 amide bonds. The molecule has 0 rings (SSSR count). The monoisotopic (exact) mass is 1470 g/mol. The van der Waals surface area contributed by atoms with Crippen LogP contribution in [0.1, 0.15) is 297 Å². The zero-order valence-electron chi connectivity index (χ0n) is 63.5. The third-order valence-electron chi connectivity index (χ3n) is 15.8. The average Bonchev–Trinajstić information content (AvgIpc) is 0.907. The van der Waals surface area contributed by atoms with E-state index in [0.717, 1.165) is 173 Å². The summed E-state index contributed by atoms with van der Waals surface area (Å²) in [4.78, 5) is 72.9. The van der Waals surface area contributed by atoms with Crippen molar-refractivity contribution in [2.24, 2.45) is 0 Å². The highest BCUT2D eigenvalue weighted by atomic mass is 31.2. The first kappa shape index (κ1) is 96.9. The van der Waals surface area contributed by atoms with E-state index < -0.39 is 97.5 Å². The number of phosphoric ester groups is 2. The molecular formula is C83H138O17P2. The molecule has 0 aliphatic carbocycles. The number of hydrogen-bond acceptors (Lipinski definition) is 15. The number of carbonyl (C=O) groups is 4. The molecule has 0 fully saturated rings. The zero-order chi connectivity index (χ0) is 74.6. The first-order valence-corrected chi connectivity index (χ1v) is 42.1. The molecule has 0 aromatic carbocycles. The number of ether oxygens (including phenoxy) is 4. The van der Waals surface area contributed by atoms with Gasteiger partial charge < -0.3 is 33.8 Å². The molecular weight excluding hydrogens is 1330 g/mol. The summed E-state index contributed by atoms with van der Waals surface area (Å²) in [6.45, 7) is 4.46. The molecule has 0 heterocycles. The van der Waals surface area contributed by atoms with Crippen LogP contribution >= 0.6 is 15.6 Å². The van der Waals surface area contributed by atoms with Gasteiger partial charge in [-0.3, -0.25) is 37.3 Å². The fourth-order valence-corrected chi connectivity index (χ4v) is 11.4. The molecule has 0 saturated heterocycles. The number of aliphatic hydroxyl groups is 1. The number of phosphoric acid groups is 2. The molecule has 5 atom stereocenters. The number of rotatable bonds is 72. The van der Waals surface area contributed by atoms with Gasteiger partial charge in [-0.05, 0) is 148 Å². The molecule has 0 saturated carbocycles. The van der Waals surface area contributed by atoms with Gasteiger partial charge in [0.15, 0.2) is 12.2 Å². The topological polar surface area (TPSA) is 237 Å². The van der Waals surface area contributed by atoms with Crippen molar-refractivity contribution < 1.29 is 80.2 Å². The highest BCUT2D eigenvalue weighted by Gasteiger charge is 2.30. The molecule has 0 aromatic rings. The lowest BCUT2D eigenvalue weighted by atomic mass is 10.1. The summed E-state index contributed by atoms with van der Waals surface area (Å²) in [6, 6.07) is 0. The standard InChI is InChI=1S/C83H138O17P2/c1-5-9-13-17-21-25-29-32-34-36-38-40-42-45-48-51-55-59-63-67-80(85)93-73-78(99-82(87)69-65-61-57-53-47-28-24-20-16-12-8-4)75-97-101(89,90)95-71-77(84)72-96-102(91,92)98-76-79(100-83(88)70-66-62-58-54-50-44-31-27-23-19-15-11-7-3)74-94-81(86)68-64-60-56-52-49-46-43-41-39-37-35-33-30-26-22-18-14-10-6-2/h9-10,13-14,20-22,24-27,31-35,38-41,46,49,56,60,77-79,84H,5-8,11-12,15-19,23,28-30,36-37,42-45,47-48,50-55,57-59,61-76H2,1-4H3,(H,89,90)(H,91,92)/b13-9-,14-10-,24-20-,25-21-,26-22-,31-27-,34-32-,35-33-,40-38-,41-39-,49-46-,60-56-. The highest BCUT2D eigenvalue weighted by molar-refractivity contribution is 7.47. The molecule has 0 spiro atoms. The van der Waals surface area contributed by atoms with Gasteiger partial charge in [-0.2, -0.15) is 0 Å². The molecule has 5 unspecified atom stereocenters. The van der Waals surface area contributed by atoms with E-state index >= 15 is 0 Å². The Labute approximate surface area is 617 Å². The van der Waals surface area contributed by atoms with Crippen LogP contribution in [0.4, 0.5) is 0 Å². The Morgan fingerprint density at radius 1 is 0.284 bits per heavy atom. The van der Waals surface area contributed by atoms with Crippen molar-refractivity contribution in [2.45, 2.75) is 316 Å². The average molecular weight is 1470 g/mol. The molecule has 0 aliphatic rings. The van der Waals surface area contributed by atoms with Crippen LogP contribution in [-0.4, -0.2) is 96.7 Å². The molecule has 19 heteroatoms. The second-order valence-corrected chi connectivity index (χ2v) is 28.4. The van der Waals surface area contributed by atoms with Gasteiger partial charge in [-0.25, -0.2) is 9.13 Å². The Morgan fingerprint density at radius 3 is 0.882 bits per heavy atom. The van der Waals surface area contributed by atoms with Crippen LogP contribution in [0.25, 0.3) is 0 Å². The van der Waals surface area contributed by atoms with Crippen molar-refractivity contribution in [3.8, 4) is 0 Å². The number of allylic oxidation sites excluding steroid dienone is 24. The van der Waals surface area contributed by atoms with Crippen LogP contribution in [-0.2, 0) is 65.4 Å². The van der Waals surface area contributed by atoms with Crippen molar-refractivity contribution in [3.63, 3.8) is 0 Å². The van der Waals surface area contributed by atoms with Gasteiger partial charge in [0.2, 0.25) is 0 Å². The van der Waals surface area contributed by atoms with Crippen molar-refractivity contribution in [1.82, 2.24) is 0 Å². The van der Waals surface area contributed by atoms with Crippen LogP contribution < -0.4 is 0 Å². The number of hydrogen-bond donors (Lipinski definition) is 3. The number of unbranched alkanes of at least 4 members (excludes halogenated alkanes) is 22. The molecule has 0 radical (unpaired) electrons. The maximum absolute atomic E-state index is 13.1. The smallest absolute Gasteiger partial charge is 0.462 e. The highest BCUT2D eigenvalue weighted by Crippen LogP contribution is 2.45. The molecule has 0 bridgehead atoms. The molecule has 102 heavy (non-hydrogen) atoms. The minimum atomic E-state index is -5.00. The van der Waals surface area contributed by atoms with Gasteiger partial charge in [0.05, 0.1) is 26.4 Å². The van der Waals surface area contributed by atoms with Gasteiger partial charge in [-0.15, -0.1) is 0 Å². The Bertz CT molecular complexity index is 2510. The summed E-state index contributed by atoms with van der Waals surface area (Å²) in [5.74, 6) is -2.31. The van der Waals surface area contributed by atoms with Gasteiger partial charge in [0.1, 0.15) is 19.3 Å². The predicted octanol–water partition coefficient (Wildman–Crippen LogP) is 22.7. The largest absolute Gasteiger partial charge is 0.472 e. The molecule has 582 valence electrons. The summed E-state index contributed by atoms with van der Waals surface area (Å²) in [6.07, 6.45) is 84.3. The first-order chi connectivity index (χ1) is 49.7. The van der Waals surface area contributed by atoms with E-state index in [1.165, 1.54) is 38.5 Å². The van der Waals surface area contributed by atoms with Crippen molar-refractivity contribution in [3.05, 3.63) is 146 Å². The molecule has 0 aromatic heterocycles. The van der Waals surface area contributed by atoms with Gasteiger partial charge in [-0.1, -0.05) is 270 Å². The Morgan fingerprint density at radius 2 is 0.539 bits per heavy atom. The fourth-order valence-electron chi connectivity index (χ4n) is 9.86. The van der Waals surface area contributed by atoms with Crippen molar-refractivity contribution in [2.75, 3.05) is 39.6 Å². The number of esters is 4. The first-order valence-electron chi connectivity index (χ1n) is 39.1. The zero-order valence-corrected chi connectivity index (χ0v) is 65.3. The van der Waals surface area contributed by atoms with Gasteiger partial charge in [0, 0.05) is 25.7 Å². The van der Waals surface area contributed by atoms with Crippen molar-refractivity contribution >= 4 is 39.5 Å². The minimum absolute atomic E-state index is 0.0313. The number of carbonyl (C=O) groups excluding carboxylic acids is 4. The second kappa shape index (κ2) is 74.2. The van der Waals surface area contributed by atoms with Gasteiger partial charge in [0.25, 0.3) is 0 Å². The van der Waals surface area contributed by atoms with E-state index in [4.69, 9.17) is 37.0 Å².